The van der Waals surface area contributed by atoms with Crippen LogP contribution in [0.3, 0.4) is 0 Å². The van der Waals surface area contributed by atoms with Gasteiger partial charge in [-0.15, -0.1) is 33.7 Å². The summed E-state index contributed by atoms with van der Waals surface area (Å²) in [7, 11) is 0. The van der Waals surface area contributed by atoms with E-state index in [1.54, 1.807) is 0 Å². The second-order valence-corrected chi connectivity index (χ2v) is 7.91. The molecule has 1 radical (unpaired) electrons. The Kier molecular flexibility index (Phi) is 7.32. The van der Waals surface area contributed by atoms with Gasteiger partial charge in [0.15, 0.2) is 0 Å². The molecule has 145 valence electrons. The molecule has 29 heavy (non-hydrogen) atoms. The van der Waals surface area contributed by atoms with E-state index in [9.17, 15) is 0 Å². The van der Waals surface area contributed by atoms with Gasteiger partial charge in [0.1, 0.15) is 0 Å². The van der Waals surface area contributed by atoms with Crippen LogP contribution in [-0.2, 0) is 26.2 Å². The Hall–Kier alpha value is -1.27. The second-order valence-electron chi connectivity index (χ2n) is 7.91. The fourth-order valence-corrected chi connectivity index (χ4v) is 4.86. The molecule has 3 heteroatoms. The first-order valence-electron chi connectivity index (χ1n) is 9.41. The molecule has 0 nitrogen and oxygen atoms in total. The number of fused-ring (bicyclic) bond motifs is 4. The molecule has 0 saturated heterocycles. The normalized spacial score (nSPS) is 14.3. The third kappa shape index (κ3) is 3.78. The minimum absolute atomic E-state index is 0. The predicted molar refractivity (Wildman–Crippen MR) is 113 cm³/mol. The summed E-state index contributed by atoms with van der Waals surface area (Å²) in [4.78, 5) is 0. The fourth-order valence-electron chi connectivity index (χ4n) is 4.86. The van der Waals surface area contributed by atoms with Crippen molar-refractivity contribution in [3.05, 3.63) is 93.6 Å². The van der Waals surface area contributed by atoms with Crippen molar-refractivity contribution in [1.29, 1.82) is 0 Å². The van der Waals surface area contributed by atoms with Crippen molar-refractivity contribution in [3.8, 4) is 0 Å². The fraction of sp³-hybridized carbons (Fsp3) is 0.192. The zero-order chi connectivity index (χ0) is 18.0. The van der Waals surface area contributed by atoms with Crippen LogP contribution in [0.2, 0.25) is 0 Å². The molecule has 5 rings (SSSR count). The van der Waals surface area contributed by atoms with E-state index in [1.807, 2.05) is 0 Å². The minimum atomic E-state index is 0. The average Bonchev–Trinajstić information content (AvgIpc) is 3.15. The third-order valence-corrected chi connectivity index (χ3v) is 5.96. The number of hydrogen-bond donors (Lipinski definition) is 0. The number of aryl methyl sites for hydroxylation is 4. The summed E-state index contributed by atoms with van der Waals surface area (Å²) in [5.74, 6) is 0.354. The summed E-state index contributed by atoms with van der Waals surface area (Å²) in [5, 5.41) is 5.52. The van der Waals surface area contributed by atoms with E-state index in [0.29, 0.717) is 5.92 Å². The maximum atomic E-state index is 2.40. The molecule has 4 aromatic rings. The zero-order valence-electron chi connectivity index (χ0n) is 17.1. The molecule has 0 fully saturated rings. The molecule has 4 aromatic carbocycles. The first-order chi connectivity index (χ1) is 12.5. The first-order valence-corrected chi connectivity index (χ1v) is 9.41. The SMILES string of the molecule is Cc1cc(C)c2c(c1)C=CC2c1c(C)ccc2c1[cH-]c1cc(C)ccc12.[Cl-].[Cl-].[Zr+3]. The smallest absolute Gasteiger partial charge is 1.00 e. The number of rotatable bonds is 1. The Morgan fingerprint density at radius 3 is 2.21 bits per heavy atom. The van der Waals surface area contributed by atoms with E-state index < -0.39 is 0 Å². The van der Waals surface area contributed by atoms with Crippen LogP contribution < -0.4 is 24.8 Å². The molecule has 0 heterocycles. The van der Waals surface area contributed by atoms with Crippen LogP contribution in [0.1, 0.15) is 44.9 Å². The van der Waals surface area contributed by atoms with Crippen molar-refractivity contribution in [3.63, 3.8) is 0 Å². The van der Waals surface area contributed by atoms with Crippen molar-refractivity contribution in [1.82, 2.24) is 0 Å². The van der Waals surface area contributed by atoms with Crippen molar-refractivity contribution >= 4 is 27.6 Å². The van der Waals surface area contributed by atoms with Crippen LogP contribution in [0.15, 0.2) is 54.6 Å². The Labute approximate surface area is 204 Å². The number of halogens is 2. The maximum Gasteiger partial charge on any atom is 3.00 e. The molecule has 0 aromatic heterocycles. The predicted octanol–water partition coefficient (Wildman–Crippen LogP) is 1.11. The van der Waals surface area contributed by atoms with Crippen molar-refractivity contribution in [2.24, 2.45) is 0 Å². The summed E-state index contributed by atoms with van der Waals surface area (Å²) in [5.41, 5.74) is 9.78. The van der Waals surface area contributed by atoms with Crippen LogP contribution in [0.5, 0.6) is 0 Å². The number of allylic oxidation sites excluding steroid dienone is 1. The van der Waals surface area contributed by atoms with Crippen LogP contribution >= 0.6 is 0 Å². The molecule has 1 unspecified atom stereocenters. The Morgan fingerprint density at radius 1 is 0.724 bits per heavy atom. The van der Waals surface area contributed by atoms with Crippen molar-refractivity contribution < 1.29 is 51.0 Å². The van der Waals surface area contributed by atoms with E-state index in [-0.39, 0.29) is 51.0 Å². The van der Waals surface area contributed by atoms with Gasteiger partial charge in [0, 0.05) is 5.92 Å². The Balaban J connectivity index is 0.000001000. The summed E-state index contributed by atoms with van der Waals surface area (Å²) >= 11 is 0. The molecule has 1 aliphatic rings. The summed E-state index contributed by atoms with van der Waals surface area (Å²) < 4.78 is 0. The van der Waals surface area contributed by atoms with E-state index >= 15 is 0 Å². The van der Waals surface area contributed by atoms with E-state index in [2.05, 4.69) is 88.4 Å². The van der Waals surface area contributed by atoms with Crippen molar-refractivity contribution in [2.75, 3.05) is 0 Å². The van der Waals surface area contributed by atoms with Gasteiger partial charge in [0.2, 0.25) is 0 Å². The Morgan fingerprint density at radius 2 is 1.45 bits per heavy atom. The van der Waals surface area contributed by atoms with E-state index in [4.69, 9.17) is 0 Å². The van der Waals surface area contributed by atoms with Gasteiger partial charge in [-0.1, -0.05) is 70.8 Å². The zero-order valence-corrected chi connectivity index (χ0v) is 21.1. The average molecular weight is 498 g/mol. The molecular weight excluding hydrogens is 474 g/mol. The van der Waals surface area contributed by atoms with Gasteiger partial charge in [-0.25, -0.2) is 0 Å². The molecule has 0 amide bonds. The topological polar surface area (TPSA) is 0 Å². The van der Waals surface area contributed by atoms with Gasteiger partial charge in [-0.3, -0.25) is 0 Å². The molecule has 0 spiro atoms. The minimum Gasteiger partial charge on any atom is -1.00 e. The summed E-state index contributed by atoms with van der Waals surface area (Å²) in [6.45, 7) is 8.87. The molecular formula is C26H23Cl2Zr. The van der Waals surface area contributed by atoms with Gasteiger partial charge in [-0.05, 0) is 44.4 Å². The number of benzene rings is 3. The second kappa shape index (κ2) is 8.85. The van der Waals surface area contributed by atoms with Gasteiger partial charge in [0.05, 0.1) is 0 Å². The summed E-state index contributed by atoms with van der Waals surface area (Å²) in [6, 6.07) is 18.4. The van der Waals surface area contributed by atoms with E-state index in [1.165, 1.54) is 60.5 Å². The molecule has 1 atom stereocenters. The van der Waals surface area contributed by atoms with Gasteiger partial charge >= 0.3 is 26.2 Å². The molecule has 0 bridgehead atoms. The molecule has 0 aliphatic heterocycles. The Bertz CT molecular complexity index is 1230. The quantitative estimate of drug-likeness (QED) is 0.346. The summed E-state index contributed by atoms with van der Waals surface area (Å²) in [6.07, 6.45) is 4.70. The van der Waals surface area contributed by atoms with Crippen LogP contribution in [0.4, 0.5) is 0 Å². The van der Waals surface area contributed by atoms with Crippen LogP contribution in [0, 0.1) is 27.7 Å². The maximum absolute atomic E-state index is 2.40. The van der Waals surface area contributed by atoms with Crippen molar-refractivity contribution in [2.45, 2.75) is 33.6 Å². The first kappa shape index (κ1) is 24.0. The van der Waals surface area contributed by atoms with Gasteiger partial charge in [0.25, 0.3) is 0 Å². The third-order valence-electron chi connectivity index (χ3n) is 5.96. The largest absolute Gasteiger partial charge is 3.00 e. The van der Waals surface area contributed by atoms with Crippen LogP contribution in [0.25, 0.3) is 27.6 Å². The molecule has 0 saturated carbocycles. The number of hydrogen-bond acceptors (Lipinski definition) is 0. The molecule has 0 N–H and O–H groups in total. The van der Waals surface area contributed by atoms with Crippen LogP contribution in [-0.4, -0.2) is 0 Å². The monoisotopic (exact) mass is 495 g/mol. The molecule has 1 aliphatic carbocycles. The standard InChI is InChI=1S/C26H23.2ClH.Zr/c1-15-5-8-21-20(12-15)14-24-22(21)9-6-17(3)26(24)23-10-7-19-13-16(2)11-18(4)25(19)23;;;/h5-14,23H,1-4H3;2*1H;/q-1;;;+3/p-2. The van der Waals surface area contributed by atoms with Gasteiger partial charge < -0.3 is 24.8 Å². The van der Waals surface area contributed by atoms with E-state index in [0.717, 1.165) is 0 Å². The van der Waals surface area contributed by atoms with Gasteiger partial charge in [-0.2, -0.15) is 0 Å².